The topological polar surface area (TPSA) is 29.1 Å². The summed E-state index contributed by atoms with van der Waals surface area (Å²) in [5.74, 6) is 0.194. The summed E-state index contributed by atoms with van der Waals surface area (Å²) in [6.45, 7) is 4.07. The molecular weight excluding hydrogens is 150 g/mol. The first-order chi connectivity index (χ1) is 5.66. The zero-order valence-corrected chi connectivity index (χ0v) is 8.15. The summed E-state index contributed by atoms with van der Waals surface area (Å²) < 4.78 is 0. The Morgan fingerprint density at radius 1 is 1.33 bits per heavy atom. The molecule has 1 aliphatic rings. The Bertz CT molecular complexity index is 159. The maximum absolute atomic E-state index is 11.2. The van der Waals surface area contributed by atoms with E-state index in [1.807, 2.05) is 6.92 Å². The summed E-state index contributed by atoms with van der Waals surface area (Å²) in [5.41, 5.74) is 0.103. The van der Waals surface area contributed by atoms with Gasteiger partial charge in [-0.3, -0.25) is 4.79 Å². The third-order valence-corrected chi connectivity index (χ3v) is 2.72. The summed E-state index contributed by atoms with van der Waals surface area (Å²) >= 11 is 0. The van der Waals surface area contributed by atoms with Crippen LogP contribution < -0.4 is 5.32 Å². The lowest BCUT2D eigenvalue weighted by Crippen LogP contribution is -2.46. The van der Waals surface area contributed by atoms with E-state index in [1.54, 1.807) is 0 Å². The van der Waals surface area contributed by atoms with E-state index in [1.165, 1.54) is 19.3 Å². The molecule has 0 unspecified atom stereocenters. The summed E-state index contributed by atoms with van der Waals surface area (Å²) in [5, 5.41) is 3.11. The molecule has 0 aromatic heterocycles. The molecule has 1 amide bonds. The zero-order chi connectivity index (χ0) is 9.03. The molecule has 0 spiro atoms. The lowest BCUT2D eigenvalue weighted by molar-refractivity contribution is -0.122. The quantitative estimate of drug-likeness (QED) is 0.674. The number of nitrogens with one attached hydrogen (secondary N) is 1. The van der Waals surface area contributed by atoms with Gasteiger partial charge >= 0.3 is 0 Å². The van der Waals surface area contributed by atoms with Gasteiger partial charge in [0.05, 0.1) is 0 Å². The molecule has 2 heteroatoms. The molecule has 1 rings (SSSR count). The molecule has 1 N–H and O–H groups in total. The van der Waals surface area contributed by atoms with Crippen molar-refractivity contribution in [3.8, 4) is 0 Å². The molecule has 1 saturated carbocycles. The Balaban J connectivity index is 2.41. The predicted molar refractivity (Wildman–Crippen MR) is 49.9 cm³/mol. The van der Waals surface area contributed by atoms with Gasteiger partial charge in [0.1, 0.15) is 0 Å². The van der Waals surface area contributed by atoms with Crippen molar-refractivity contribution in [3.63, 3.8) is 0 Å². The maximum Gasteiger partial charge on any atom is 0.220 e. The largest absolute Gasteiger partial charge is 0.351 e. The average molecular weight is 169 g/mol. The molecule has 12 heavy (non-hydrogen) atoms. The molecule has 0 aromatic rings. The normalized spacial score (nSPS) is 21.8. The Labute approximate surface area is 74.7 Å². The van der Waals surface area contributed by atoms with Crippen LogP contribution in [-0.4, -0.2) is 11.4 Å². The van der Waals surface area contributed by atoms with E-state index >= 15 is 0 Å². The highest BCUT2D eigenvalue weighted by atomic mass is 16.1. The van der Waals surface area contributed by atoms with Gasteiger partial charge in [0.2, 0.25) is 5.91 Å². The van der Waals surface area contributed by atoms with Crippen LogP contribution in [0.25, 0.3) is 0 Å². The van der Waals surface area contributed by atoms with Gasteiger partial charge in [-0.25, -0.2) is 0 Å². The van der Waals surface area contributed by atoms with Crippen molar-refractivity contribution in [2.75, 3.05) is 0 Å². The Morgan fingerprint density at radius 3 is 2.42 bits per heavy atom. The van der Waals surface area contributed by atoms with E-state index in [4.69, 9.17) is 0 Å². The number of carbonyl (C=O) groups is 1. The average Bonchev–Trinajstić information content (AvgIpc) is 2.05. The van der Waals surface area contributed by atoms with Gasteiger partial charge in [-0.15, -0.1) is 0 Å². The molecule has 0 aromatic carbocycles. The highest BCUT2D eigenvalue weighted by molar-refractivity contribution is 5.76. The van der Waals surface area contributed by atoms with E-state index in [0.29, 0.717) is 6.42 Å². The van der Waals surface area contributed by atoms with Crippen molar-refractivity contribution in [1.82, 2.24) is 5.32 Å². The number of rotatable bonds is 2. The van der Waals surface area contributed by atoms with Gasteiger partial charge < -0.3 is 5.32 Å². The van der Waals surface area contributed by atoms with E-state index < -0.39 is 0 Å². The fraction of sp³-hybridized carbons (Fsp3) is 0.900. The molecule has 1 fully saturated rings. The smallest absolute Gasteiger partial charge is 0.220 e. The number of amides is 1. The fourth-order valence-electron chi connectivity index (χ4n) is 1.88. The molecule has 1 aliphatic carbocycles. The molecule has 0 heterocycles. The van der Waals surface area contributed by atoms with Crippen LogP contribution in [0.1, 0.15) is 52.4 Å². The third-order valence-electron chi connectivity index (χ3n) is 2.72. The number of carbonyl (C=O) groups excluding carboxylic acids is 1. The van der Waals surface area contributed by atoms with Crippen LogP contribution in [0.4, 0.5) is 0 Å². The monoisotopic (exact) mass is 169 g/mol. The Kier molecular flexibility index (Phi) is 3.12. The van der Waals surface area contributed by atoms with Crippen LogP contribution >= 0.6 is 0 Å². The Hall–Kier alpha value is -0.530. The second kappa shape index (κ2) is 3.92. The molecule has 0 saturated heterocycles. The van der Waals surface area contributed by atoms with E-state index in [9.17, 15) is 4.79 Å². The second-order valence-corrected chi connectivity index (χ2v) is 4.02. The van der Waals surface area contributed by atoms with E-state index in [-0.39, 0.29) is 11.4 Å². The predicted octanol–water partition coefficient (Wildman–Crippen LogP) is 2.24. The fourth-order valence-corrected chi connectivity index (χ4v) is 1.88. The van der Waals surface area contributed by atoms with Crippen molar-refractivity contribution in [1.29, 1.82) is 0 Å². The maximum atomic E-state index is 11.2. The summed E-state index contributed by atoms with van der Waals surface area (Å²) in [7, 11) is 0. The van der Waals surface area contributed by atoms with E-state index in [0.717, 1.165) is 12.8 Å². The van der Waals surface area contributed by atoms with Crippen molar-refractivity contribution < 1.29 is 4.79 Å². The minimum Gasteiger partial charge on any atom is -0.351 e. The summed E-state index contributed by atoms with van der Waals surface area (Å²) in [6.07, 6.45) is 6.77. The molecule has 2 nitrogen and oxygen atoms in total. The standard InChI is InChI=1S/C10H19NO/c1-3-9(12)11-10(2)7-5-4-6-8-10/h3-8H2,1-2H3,(H,11,12). The molecule has 0 radical (unpaired) electrons. The highest BCUT2D eigenvalue weighted by Gasteiger charge is 2.27. The van der Waals surface area contributed by atoms with Crippen molar-refractivity contribution in [3.05, 3.63) is 0 Å². The molecule has 0 atom stereocenters. The van der Waals surface area contributed by atoms with Gasteiger partial charge in [0, 0.05) is 12.0 Å². The lowest BCUT2D eigenvalue weighted by Gasteiger charge is -2.34. The first-order valence-electron chi connectivity index (χ1n) is 4.97. The minimum atomic E-state index is 0.103. The molecule has 0 aliphatic heterocycles. The van der Waals surface area contributed by atoms with Crippen LogP contribution in [0.15, 0.2) is 0 Å². The highest BCUT2D eigenvalue weighted by Crippen LogP contribution is 2.27. The molecular formula is C10H19NO. The molecule has 70 valence electrons. The van der Waals surface area contributed by atoms with Crippen molar-refractivity contribution >= 4 is 5.91 Å². The van der Waals surface area contributed by atoms with E-state index in [2.05, 4.69) is 12.2 Å². The first-order valence-corrected chi connectivity index (χ1v) is 4.97. The van der Waals surface area contributed by atoms with Crippen molar-refractivity contribution in [2.45, 2.75) is 57.9 Å². The van der Waals surface area contributed by atoms with Crippen LogP contribution in [-0.2, 0) is 4.79 Å². The summed E-state index contributed by atoms with van der Waals surface area (Å²) in [6, 6.07) is 0. The second-order valence-electron chi connectivity index (χ2n) is 4.02. The van der Waals surface area contributed by atoms with Crippen LogP contribution in [0.2, 0.25) is 0 Å². The summed E-state index contributed by atoms with van der Waals surface area (Å²) in [4.78, 5) is 11.2. The van der Waals surface area contributed by atoms with Crippen molar-refractivity contribution in [2.24, 2.45) is 0 Å². The van der Waals surface area contributed by atoms with Gasteiger partial charge in [-0.1, -0.05) is 26.2 Å². The number of hydrogen-bond donors (Lipinski definition) is 1. The van der Waals surface area contributed by atoms with Crippen LogP contribution in [0.5, 0.6) is 0 Å². The van der Waals surface area contributed by atoms with Gasteiger partial charge in [-0.05, 0) is 19.8 Å². The number of hydrogen-bond acceptors (Lipinski definition) is 1. The van der Waals surface area contributed by atoms with Gasteiger partial charge in [0.25, 0.3) is 0 Å². The first kappa shape index (κ1) is 9.56. The lowest BCUT2D eigenvalue weighted by atomic mass is 9.83. The van der Waals surface area contributed by atoms with Gasteiger partial charge in [0.15, 0.2) is 0 Å². The molecule has 0 bridgehead atoms. The Morgan fingerprint density at radius 2 is 1.92 bits per heavy atom. The SMILES string of the molecule is CCC(=O)NC1(C)CCCCC1. The van der Waals surface area contributed by atoms with Crippen LogP contribution in [0.3, 0.4) is 0 Å². The van der Waals surface area contributed by atoms with Crippen LogP contribution in [0, 0.1) is 0 Å². The minimum absolute atomic E-state index is 0.103. The van der Waals surface area contributed by atoms with Gasteiger partial charge in [-0.2, -0.15) is 0 Å². The zero-order valence-electron chi connectivity index (χ0n) is 8.15. The third kappa shape index (κ3) is 2.50.